The maximum absolute atomic E-state index is 10.9. The Kier molecular flexibility index (Phi) is 4.54. The molecule has 0 aliphatic carbocycles. The summed E-state index contributed by atoms with van der Waals surface area (Å²) in [6, 6.07) is 5.65. The van der Waals surface area contributed by atoms with Gasteiger partial charge in [-0.15, -0.1) is 0 Å². The summed E-state index contributed by atoms with van der Waals surface area (Å²) in [6.45, 7) is 2.86. The first kappa shape index (κ1) is 13.1. The van der Waals surface area contributed by atoms with Gasteiger partial charge in [0.1, 0.15) is 10.8 Å². The molecule has 1 rings (SSSR count). The van der Waals surface area contributed by atoms with Crippen molar-refractivity contribution in [2.75, 3.05) is 6.79 Å². The number of hydrogen-bond acceptors (Lipinski definition) is 4. The molecule has 1 aromatic carbocycles. The Morgan fingerprint density at radius 3 is 2.35 bits per heavy atom. The topological polar surface area (TPSA) is 72.8 Å². The number of rotatable bonds is 5. The van der Waals surface area contributed by atoms with Crippen LogP contribution in [0.1, 0.15) is 10.4 Å². The standard InChI is InChI=1S/C11H9ClO5/c1-7(12)11(15)17-6-16-9-4-2-8(3-5-9)10(13)14/h2-5H,1,6H2,(H,13,14). The lowest BCUT2D eigenvalue weighted by Gasteiger charge is -2.06. The lowest BCUT2D eigenvalue weighted by atomic mass is 10.2. The molecule has 0 saturated heterocycles. The number of halogens is 1. The quantitative estimate of drug-likeness (QED) is 0.496. The Labute approximate surface area is 102 Å². The van der Waals surface area contributed by atoms with Gasteiger partial charge in [0.05, 0.1) is 5.56 Å². The van der Waals surface area contributed by atoms with Crippen LogP contribution >= 0.6 is 11.6 Å². The van der Waals surface area contributed by atoms with E-state index in [0.29, 0.717) is 5.75 Å². The van der Waals surface area contributed by atoms with Crippen molar-refractivity contribution in [2.45, 2.75) is 0 Å². The van der Waals surface area contributed by atoms with Gasteiger partial charge < -0.3 is 14.6 Å². The first-order valence-electron chi connectivity index (χ1n) is 4.48. The number of ether oxygens (including phenoxy) is 2. The number of carboxylic acid groups (broad SMARTS) is 1. The highest BCUT2D eigenvalue weighted by Crippen LogP contribution is 2.12. The van der Waals surface area contributed by atoms with Gasteiger partial charge in [0.25, 0.3) is 0 Å². The van der Waals surface area contributed by atoms with Crippen molar-refractivity contribution in [1.29, 1.82) is 0 Å². The van der Waals surface area contributed by atoms with Gasteiger partial charge in [-0.05, 0) is 24.3 Å². The summed E-state index contributed by atoms with van der Waals surface area (Å²) in [4.78, 5) is 21.4. The fraction of sp³-hybridized carbons (Fsp3) is 0.0909. The molecule has 0 bridgehead atoms. The van der Waals surface area contributed by atoms with Gasteiger partial charge >= 0.3 is 11.9 Å². The zero-order chi connectivity index (χ0) is 12.8. The minimum absolute atomic E-state index is 0.142. The van der Waals surface area contributed by atoms with E-state index in [-0.39, 0.29) is 17.4 Å². The van der Waals surface area contributed by atoms with E-state index >= 15 is 0 Å². The second kappa shape index (κ2) is 5.91. The van der Waals surface area contributed by atoms with E-state index < -0.39 is 11.9 Å². The molecular weight excluding hydrogens is 248 g/mol. The molecule has 6 heteroatoms. The lowest BCUT2D eigenvalue weighted by molar-refractivity contribution is -0.144. The van der Waals surface area contributed by atoms with Crippen LogP contribution in [0, 0.1) is 0 Å². The van der Waals surface area contributed by atoms with Crippen molar-refractivity contribution in [3.63, 3.8) is 0 Å². The SMILES string of the molecule is C=C(Cl)C(=O)OCOc1ccc(C(=O)O)cc1. The lowest BCUT2D eigenvalue weighted by Crippen LogP contribution is -2.09. The monoisotopic (exact) mass is 256 g/mol. The summed E-state index contributed by atoms with van der Waals surface area (Å²) in [5.41, 5.74) is 0.142. The summed E-state index contributed by atoms with van der Waals surface area (Å²) in [5, 5.41) is 8.41. The third-order valence-corrected chi connectivity index (χ3v) is 1.89. The van der Waals surface area contributed by atoms with E-state index in [4.69, 9.17) is 21.4 Å². The molecule has 1 N–H and O–H groups in total. The fourth-order valence-corrected chi connectivity index (χ4v) is 0.978. The molecule has 0 aliphatic rings. The van der Waals surface area contributed by atoms with Gasteiger partial charge in [-0.25, -0.2) is 9.59 Å². The third kappa shape index (κ3) is 4.16. The van der Waals surface area contributed by atoms with E-state index in [1.54, 1.807) is 0 Å². The molecule has 0 radical (unpaired) electrons. The normalized spacial score (nSPS) is 9.47. The summed E-state index contributed by atoms with van der Waals surface area (Å²) >= 11 is 5.28. The van der Waals surface area contributed by atoms with Crippen LogP contribution in [0.2, 0.25) is 0 Å². The number of esters is 1. The van der Waals surface area contributed by atoms with Crippen LogP contribution < -0.4 is 4.74 Å². The number of aromatic carboxylic acids is 1. The van der Waals surface area contributed by atoms with Gasteiger partial charge in [-0.3, -0.25) is 0 Å². The highest BCUT2D eigenvalue weighted by molar-refractivity contribution is 6.40. The highest BCUT2D eigenvalue weighted by atomic mass is 35.5. The maximum atomic E-state index is 10.9. The molecule has 0 aromatic heterocycles. The minimum Gasteiger partial charge on any atom is -0.478 e. The van der Waals surface area contributed by atoms with E-state index in [1.165, 1.54) is 24.3 Å². The van der Waals surface area contributed by atoms with Crippen LogP contribution in [0.3, 0.4) is 0 Å². The van der Waals surface area contributed by atoms with Crippen LogP contribution in [0.5, 0.6) is 5.75 Å². The molecule has 0 fully saturated rings. The highest BCUT2D eigenvalue weighted by Gasteiger charge is 2.05. The number of carbonyl (C=O) groups is 2. The van der Waals surface area contributed by atoms with Gasteiger partial charge in [-0.1, -0.05) is 18.2 Å². The Balaban J connectivity index is 2.45. The Morgan fingerprint density at radius 2 is 1.88 bits per heavy atom. The average molecular weight is 257 g/mol. The second-order valence-electron chi connectivity index (χ2n) is 2.93. The Morgan fingerprint density at radius 1 is 1.29 bits per heavy atom. The van der Waals surface area contributed by atoms with Gasteiger partial charge in [0.15, 0.2) is 0 Å². The van der Waals surface area contributed by atoms with Crippen LogP contribution in [0.4, 0.5) is 0 Å². The predicted octanol–water partition coefficient (Wildman–Crippen LogP) is 2.02. The molecule has 0 aliphatic heterocycles. The molecule has 1 aromatic rings. The van der Waals surface area contributed by atoms with E-state index in [9.17, 15) is 9.59 Å². The predicted molar refractivity (Wildman–Crippen MR) is 60.0 cm³/mol. The number of hydrogen-bond donors (Lipinski definition) is 1. The molecular formula is C11H9ClO5. The van der Waals surface area contributed by atoms with Gasteiger partial charge in [0, 0.05) is 0 Å². The molecule has 5 nitrogen and oxygen atoms in total. The Bertz CT molecular complexity index is 438. The summed E-state index contributed by atoms with van der Waals surface area (Å²) in [6.07, 6.45) is 0. The molecule has 0 unspecified atom stereocenters. The zero-order valence-corrected chi connectivity index (χ0v) is 9.44. The second-order valence-corrected chi connectivity index (χ2v) is 3.38. The summed E-state index contributed by atoms with van der Waals surface area (Å²) in [7, 11) is 0. The van der Waals surface area contributed by atoms with Crippen molar-refractivity contribution >= 4 is 23.5 Å². The van der Waals surface area contributed by atoms with E-state index in [2.05, 4.69) is 11.3 Å². The van der Waals surface area contributed by atoms with Crippen molar-refractivity contribution < 1.29 is 24.2 Å². The largest absolute Gasteiger partial charge is 0.478 e. The maximum Gasteiger partial charge on any atom is 0.351 e. The first-order chi connectivity index (χ1) is 8.00. The fourth-order valence-electron chi connectivity index (χ4n) is 0.923. The molecule has 0 spiro atoms. The summed E-state index contributed by atoms with van der Waals surface area (Å²) < 4.78 is 9.60. The zero-order valence-electron chi connectivity index (χ0n) is 8.68. The van der Waals surface area contributed by atoms with Crippen LogP contribution in [0.25, 0.3) is 0 Å². The molecule has 0 heterocycles. The van der Waals surface area contributed by atoms with Crippen LogP contribution in [-0.2, 0) is 9.53 Å². The minimum atomic E-state index is -1.03. The molecule has 17 heavy (non-hydrogen) atoms. The van der Waals surface area contributed by atoms with Gasteiger partial charge in [-0.2, -0.15) is 0 Å². The van der Waals surface area contributed by atoms with E-state index in [1.807, 2.05) is 0 Å². The molecule has 0 saturated carbocycles. The number of benzene rings is 1. The van der Waals surface area contributed by atoms with Crippen LogP contribution in [0.15, 0.2) is 35.9 Å². The number of carboxylic acids is 1. The van der Waals surface area contributed by atoms with Crippen molar-refractivity contribution in [2.24, 2.45) is 0 Å². The van der Waals surface area contributed by atoms with Crippen molar-refractivity contribution in [1.82, 2.24) is 0 Å². The first-order valence-corrected chi connectivity index (χ1v) is 4.86. The molecule has 0 atom stereocenters. The Hall–Kier alpha value is -2.01. The third-order valence-electron chi connectivity index (χ3n) is 1.74. The van der Waals surface area contributed by atoms with E-state index in [0.717, 1.165) is 0 Å². The van der Waals surface area contributed by atoms with Crippen molar-refractivity contribution in [3.05, 3.63) is 41.4 Å². The average Bonchev–Trinajstić information content (AvgIpc) is 2.29. The number of carbonyl (C=O) groups excluding carboxylic acids is 1. The van der Waals surface area contributed by atoms with Crippen LogP contribution in [-0.4, -0.2) is 23.8 Å². The van der Waals surface area contributed by atoms with Crippen molar-refractivity contribution in [3.8, 4) is 5.75 Å². The molecule has 0 amide bonds. The van der Waals surface area contributed by atoms with Gasteiger partial charge in [0.2, 0.25) is 6.79 Å². The summed E-state index contributed by atoms with van der Waals surface area (Å²) in [5.74, 6) is -1.42. The smallest absolute Gasteiger partial charge is 0.351 e. The molecule has 90 valence electrons.